The Hall–Kier alpha value is -0.820. The van der Waals surface area contributed by atoms with E-state index in [9.17, 15) is 0 Å². The molecule has 1 heteroatoms. The molecule has 1 nitrogen and oxygen atoms in total. The van der Waals surface area contributed by atoms with Gasteiger partial charge < -0.3 is 5.32 Å². The predicted octanol–water partition coefficient (Wildman–Crippen LogP) is 4.30. The first-order chi connectivity index (χ1) is 8.55. The van der Waals surface area contributed by atoms with Crippen LogP contribution < -0.4 is 5.32 Å². The molecule has 0 amide bonds. The minimum Gasteiger partial charge on any atom is -0.316 e. The highest BCUT2D eigenvalue weighted by atomic mass is 14.9. The zero-order valence-corrected chi connectivity index (χ0v) is 12.7. The molecule has 1 N–H and O–H groups in total. The summed E-state index contributed by atoms with van der Waals surface area (Å²) >= 11 is 0. The Morgan fingerprint density at radius 3 is 2.22 bits per heavy atom. The van der Waals surface area contributed by atoms with Crippen LogP contribution in [0.5, 0.6) is 0 Å². The number of aryl methyl sites for hydroxylation is 1. The average Bonchev–Trinajstić information content (AvgIpc) is 2.36. The molecule has 0 unspecified atom stereocenters. The van der Waals surface area contributed by atoms with Crippen LogP contribution >= 0.6 is 0 Å². The molecule has 0 aromatic heterocycles. The van der Waals surface area contributed by atoms with Crippen LogP contribution in [0.15, 0.2) is 24.3 Å². The Kier molecular flexibility index (Phi) is 5.87. The lowest BCUT2D eigenvalue weighted by Gasteiger charge is -2.34. The minimum absolute atomic E-state index is 0.292. The van der Waals surface area contributed by atoms with Gasteiger partial charge in [0.25, 0.3) is 0 Å². The first-order valence-corrected chi connectivity index (χ1v) is 7.32. The summed E-state index contributed by atoms with van der Waals surface area (Å²) in [5.74, 6) is 0.716. The monoisotopic (exact) mass is 247 g/mol. The summed E-state index contributed by atoms with van der Waals surface area (Å²) in [6.45, 7) is 13.6. The zero-order chi connectivity index (χ0) is 13.6. The van der Waals surface area contributed by atoms with E-state index in [1.54, 1.807) is 0 Å². The molecule has 0 saturated heterocycles. The molecule has 102 valence electrons. The van der Waals surface area contributed by atoms with Crippen molar-refractivity contribution in [3.63, 3.8) is 0 Å². The summed E-state index contributed by atoms with van der Waals surface area (Å²) in [4.78, 5) is 0. The maximum atomic E-state index is 3.65. The van der Waals surface area contributed by atoms with Gasteiger partial charge in [0.05, 0.1) is 0 Å². The van der Waals surface area contributed by atoms with E-state index in [1.807, 2.05) is 0 Å². The number of rotatable bonds is 7. The third-order valence-corrected chi connectivity index (χ3v) is 4.09. The lowest BCUT2D eigenvalue weighted by molar-refractivity contribution is 0.357. The molecule has 18 heavy (non-hydrogen) atoms. The topological polar surface area (TPSA) is 12.0 Å². The van der Waals surface area contributed by atoms with Crippen molar-refractivity contribution in [3.8, 4) is 0 Å². The predicted molar refractivity (Wildman–Crippen MR) is 81.1 cm³/mol. The van der Waals surface area contributed by atoms with E-state index >= 15 is 0 Å². The van der Waals surface area contributed by atoms with Gasteiger partial charge in [-0.25, -0.2) is 0 Å². The smallest absolute Gasteiger partial charge is 0.00751 e. The fraction of sp³-hybridized carbons (Fsp3) is 0.647. The molecule has 0 saturated carbocycles. The van der Waals surface area contributed by atoms with Crippen LogP contribution in [0.25, 0.3) is 0 Å². The SMILES string of the molecule is CCC(CC)(CNCC(C)C)c1ccccc1C. The molecule has 1 rings (SSSR count). The fourth-order valence-corrected chi connectivity index (χ4v) is 2.74. The lowest BCUT2D eigenvalue weighted by Crippen LogP contribution is -2.39. The van der Waals surface area contributed by atoms with Crippen molar-refractivity contribution in [2.24, 2.45) is 5.92 Å². The second kappa shape index (κ2) is 6.94. The van der Waals surface area contributed by atoms with E-state index < -0.39 is 0 Å². The maximum Gasteiger partial charge on any atom is 0.00751 e. The number of hydrogen-bond donors (Lipinski definition) is 1. The third-order valence-electron chi connectivity index (χ3n) is 4.09. The van der Waals surface area contributed by atoms with Crippen molar-refractivity contribution in [2.45, 2.75) is 52.9 Å². The fourth-order valence-electron chi connectivity index (χ4n) is 2.74. The lowest BCUT2D eigenvalue weighted by atomic mass is 9.74. The first kappa shape index (κ1) is 15.2. The molecule has 0 spiro atoms. The van der Waals surface area contributed by atoms with Gasteiger partial charge in [-0.1, -0.05) is 52.0 Å². The van der Waals surface area contributed by atoms with Gasteiger partial charge in [-0.3, -0.25) is 0 Å². The van der Waals surface area contributed by atoms with Gasteiger partial charge in [-0.2, -0.15) is 0 Å². The summed E-state index contributed by atoms with van der Waals surface area (Å²) in [5.41, 5.74) is 3.24. The van der Waals surface area contributed by atoms with E-state index in [-0.39, 0.29) is 0 Å². The van der Waals surface area contributed by atoms with Crippen LogP contribution in [0.2, 0.25) is 0 Å². The second-order valence-electron chi connectivity index (χ2n) is 5.83. The summed E-state index contributed by atoms with van der Waals surface area (Å²) in [6, 6.07) is 8.85. The third kappa shape index (κ3) is 3.58. The van der Waals surface area contributed by atoms with Crippen LogP contribution in [-0.4, -0.2) is 13.1 Å². The molecule has 1 aromatic rings. The maximum absolute atomic E-state index is 3.65. The number of hydrogen-bond acceptors (Lipinski definition) is 1. The Balaban J connectivity index is 2.89. The molecule has 0 aliphatic rings. The van der Waals surface area contributed by atoms with Crippen LogP contribution in [-0.2, 0) is 5.41 Å². The Morgan fingerprint density at radius 2 is 1.72 bits per heavy atom. The second-order valence-corrected chi connectivity index (χ2v) is 5.83. The number of nitrogens with one attached hydrogen (secondary N) is 1. The molecule has 0 atom stereocenters. The van der Waals surface area contributed by atoms with E-state index in [2.05, 4.69) is 64.2 Å². The molecule has 0 radical (unpaired) electrons. The van der Waals surface area contributed by atoms with Crippen molar-refractivity contribution in [2.75, 3.05) is 13.1 Å². The van der Waals surface area contributed by atoms with E-state index in [4.69, 9.17) is 0 Å². The molecule has 0 heterocycles. The first-order valence-electron chi connectivity index (χ1n) is 7.32. The summed E-state index contributed by atoms with van der Waals surface area (Å²) < 4.78 is 0. The van der Waals surface area contributed by atoms with Gasteiger partial charge >= 0.3 is 0 Å². The highest BCUT2D eigenvalue weighted by Crippen LogP contribution is 2.33. The average molecular weight is 247 g/mol. The van der Waals surface area contributed by atoms with Gasteiger partial charge in [0.2, 0.25) is 0 Å². The molecular formula is C17H29N. The van der Waals surface area contributed by atoms with Gasteiger partial charge in [-0.05, 0) is 43.4 Å². The largest absolute Gasteiger partial charge is 0.316 e. The van der Waals surface area contributed by atoms with E-state index in [0.29, 0.717) is 11.3 Å². The van der Waals surface area contributed by atoms with Crippen molar-refractivity contribution < 1.29 is 0 Å². The molecule has 0 bridgehead atoms. The Bertz CT molecular complexity index is 350. The Morgan fingerprint density at radius 1 is 1.11 bits per heavy atom. The summed E-state index contributed by atoms with van der Waals surface area (Å²) in [6.07, 6.45) is 2.39. The van der Waals surface area contributed by atoms with Gasteiger partial charge in [0.15, 0.2) is 0 Å². The molecular weight excluding hydrogens is 218 g/mol. The normalized spacial score (nSPS) is 12.1. The standard InChI is InChI=1S/C17H29N/c1-6-17(7-2,13-18-12-14(3)4)16-11-9-8-10-15(16)5/h8-11,14,18H,6-7,12-13H2,1-5H3. The molecule has 0 aliphatic heterocycles. The van der Waals surface area contributed by atoms with Crippen molar-refractivity contribution in [1.82, 2.24) is 5.32 Å². The van der Waals surface area contributed by atoms with Crippen LogP contribution in [0.1, 0.15) is 51.7 Å². The molecule has 1 aromatic carbocycles. The minimum atomic E-state index is 0.292. The van der Waals surface area contributed by atoms with Crippen molar-refractivity contribution in [3.05, 3.63) is 35.4 Å². The highest BCUT2D eigenvalue weighted by molar-refractivity contribution is 5.33. The van der Waals surface area contributed by atoms with Crippen LogP contribution in [0.4, 0.5) is 0 Å². The van der Waals surface area contributed by atoms with Crippen LogP contribution in [0.3, 0.4) is 0 Å². The summed E-state index contributed by atoms with van der Waals surface area (Å²) in [5, 5.41) is 3.65. The zero-order valence-electron chi connectivity index (χ0n) is 12.7. The summed E-state index contributed by atoms with van der Waals surface area (Å²) in [7, 11) is 0. The number of benzene rings is 1. The molecule has 0 fully saturated rings. The quantitative estimate of drug-likeness (QED) is 0.757. The van der Waals surface area contributed by atoms with Gasteiger partial charge in [-0.15, -0.1) is 0 Å². The van der Waals surface area contributed by atoms with Crippen molar-refractivity contribution >= 4 is 0 Å². The van der Waals surface area contributed by atoms with E-state index in [1.165, 1.54) is 24.0 Å². The highest BCUT2D eigenvalue weighted by Gasteiger charge is 2.29. The van der Waals surface area contributed by atoms with Gasteiger partial charge in [0.1, 0.15) is 0 Å². The van der Waals surface area contributed by atoms with Crippen molar-refractivity contribution in [1.29, 1.82) is 0 Å². The Labute approximate surface area is 113 Å². The molecule has 0 aliphatic carbocycles. The van der Waals surface area contributed by atoms with Crippen LogP contribution in [0, 0.1) is 12.8 Å². The van der Waals surface area contributed by atoms with E-state index in [0.717, 1.165) is 13.1 Å². The van der Waals surface area contributed by atoms with Gasteiger partial charge in [0, 0.05) is 12.0 Å².